The van der Waals surface area contributed by atoms with Crippen LogP contribution in [0.2, 0.25) is 5.02 Å². The summed E-state index contributed by atoms with van der Waals surface area (Å²) in [7, 11) is 0. The Morgan fingerprint density at radius 2 is 1.68 bits per heavy atom. The van der Waals surface area contributed by atoms with Gasteiger partial charge < -0.3 is 5.32 Å². The summed E-state index contributed by atoms with van der Waals surface area (Å²) in [5.41, 5.74) is 6.82. The zero-order chi connectivity index (χ0) is 15.8. The van der Waals surface area contributed by atoms with E-state index in [9.17, 15) is 4.79 Å². The molecule has 0 aliphatic rings. The number of amides is 1. The molecule has 1 amide bonds. The minimum atomic E-state index is -0.302. The van der Waals surface area contributed by atoms with Crippen molar-refractivity contribution in [2.45, 2.75) is 0 Å². The van der Waals surface area contributed by atoms with E-state index in [1.165, 1.54) is 6.08 Å². The van der Waals surface area contributed by atoms with E-state index < -0.39 is 0 Å². The lowest BCUT2D eigenvalue weighted by Crippen LogP contribution is -2.43. The lowest BCUT2D eigenvalue weighted by atomic mass is 10.2. The Bertz CT molecular complexity index is 672. The number of hydrogen-bond donors (Lipinski definition) is 3. The van der Waals surface area contributed by atoms with Gasteiger partial charge in [0.15, 0.2) is 5.11 Å². The van der Waals surface area contributed by atoms with Gasteiger partial charge in [0.2, 0.25) is 0 Å². The van der Waals surface area contributed by atoms with Crippen molar-refractivity contribution in [1.82, 2.24) is 10.9 Å². The molecule has 0 bridgehead atoms. The molecule has 0 aliphatic heterocycles. The van der Waals surface area contributed by atoms with E-state index in [1.54, 1.807) is 30.3 Å². The van der Waals surface area contributed by atoms with Gasteiger partial charge in [-0.2, -0.15) is 0 Å². The van der Waals surface area contributed by atoms with Gasteiger partial charge in [-0.1, -0.05) is 41.9 Å². The first-order chi connectivity index (χ1) is 10.6. The minimum Gasteiger partial charge on any atom is -0.331 e. The van der Waals surface area contributed by atoms with Crippen LogP contribution in [0.25, 0.3) is 6.08 Å². The largest absolute Gasteiger partial charge is 0.331 e. The van der Waals surface area contributed by atoms with Crippen molar-refractivity contribution >= 4 is 46.6 Å². The molecule has 0 unspecified atom stereocenters. The molecule has 0 saturated heterocycles. The lowest BCUT2D eigenvalue weighted by molar-refractivity contribution is -0.116. The topological polar surface area (TPSA) is 53.2 Å². The van der Waals surface area contributed by atoms with Crippen LogP contribution in [0.4, 0.5) is 5.69 Å². The average Bonchev–Trinajstić information content (AvgIpc) is 2.54. The molecule has 0 atom stereocenters. The van der Waals surface area contributed by atoms with Crippen LogP contribution < -0.4 is 16.2 Å². The molecule has 3 N–H and O–H groups in total. The van der Waals surface area contributed by atoms with E-state index in [2.05, 4.69) is 16.2 Å². The van der Waals surface area contributed by atoms with Gasteiger partial charge >= 0.3 is 0 Å². The van der Waals surface area contributed by atoms with Crippen LogP contribution in [-0.4, -0.2) is 11.0 Å². The number of nitrogens with one attached hydrogen (secondary N) is 3. The van der Waals surface area contributed by atoms with Crippen molar-refractivity contribution in [1.29, 1.82) is 0 Å². The number of thiocarbonyl (C=S) groups is 1. The van der Waals surface area contributed by atoms with Crippen LogP contribution in [0.15, 0.2) is 60.7 Å². The Labute approximate surface area is 139 Å². The van der Waals surface area contributed by atoms with E-state index in [0.717, 1.165) is 11.3 Å². The molecule has 0 spiro atoms. The van der Waals surface area contributed by atoms with Crippen LogP contribution in [0.1, 0.15) is 5.56 Å². The molecule has 6 heteroatoms. The highest BCUT2D eigenvalue weighted by Gasteiger charge is 1.99. The van der Waals surface area contributed by atoms with Crippen molar-refractivity contribution in [2.75, 3.05) is 5.32 Å². The number of halogens is 1. The SMILES string of the molecule is O=C(/C=C/c1ccccc1)NNC(=S)Nc1ccc(Cl)cc1. The first-order valence-electron chi connectivity index (χ1n) is 6.49. The summed E-state index contributed by atoms with van der Waals surface area (Å²) in [5.74, 6) is -0.302. The van der Waals surface area contributed by atoms with Crippen molar-refractivity contribution < 1.29 is 4.79 Å². The quantitative estimate of drug-likeness (QED) is 0.458. The van der Waals surface area contributed by atoms with Gasteiger partial charge in [-0.05, 0) is 48.1 Å². The molecule has 4 nitrogen and oxygen atoms in total. The molecule has 0 saturated carbocycles. The summed E-state index contributed by atoms with van der Waals surface area (Å²) in [6.45, 7) is 0. The fourth-order valence-electron chi connectivity index (χ4n) is 1.59. The predicted molar refractivity (Wildman–Crippen MR) is 94.4 cm³/mol. The second-order valence-corrected chi connectivity index (χ2v) is 5.16. The summed E-state index contributed by atoms with van der Waals surface area (Å²) in [4.78, 5) is 11.7. The first kappa shape index (κ1) is 16.0. The van der Waals surface area contributed by atoms with E-state index in [0.29, 0.717) is 5.02 Å². The molecule has 0 aromatic heterocycles. The molecule has 2 rings (SSSR count). The molecular formula is C16H14ClN3OS. The molecule has 0 radical (unpaired) electrons. The molecule has 0 fully saturated rings. The Morgan fingerprint density at radius 1 is 1.00 bits per heavy atom. The highest BCUT2D eigenvalue weighted by molar-refractivity contribution is 7.80. The number of hydrogen-bond acceptors (Lipinski definition) is 2. The maximum absolute atomic E-state index is 11.7. The third kappa shape index (κ3) is 5.55. The zero-order valence-electron chi connectivity index (χ0n) is 11.5. The third-order valence-electron chi connectivity index (χ3n) is 2.63. The number of anilines is 1. The summed E-state index contributed by atoms with van der Waals surface area (Å²) >= 11 is 10.9. The maximum atomic E-state index is 11.7. The Morgan fingerprint density at radius 3 is 2.36 bits per heavy atom. The molecule has 112 valence electrons. The molecule has 0 heterocycles. The summed E-state index contributed by atoms with van der Waals surface area (Å²) in [5, 5.41) is 3.84. The van der Waals surface area contributed by atoms with Gasteiger partial charge in [0.25, 0.3) is 5.91 Å². The molecule has 22 heavy (non-hydrogen) atoms. The standard InChI is InChI=1S/C16H14ClN3OS/c17-13-7-9-14(10-8-13)18-16(22)20-19-15(21)11-6-12-4-2-1-3-5-12/h1-11H,(H,19,21)(H2,18,20,22)/b11-6+. The smallest absolute Gasteiger partial charge is 0.262 e. The number of carbonyl (C=O) groups excluding carboxylic acids is 1. The van der Waals surface area contributed by atoms with Crippen LogP contribution in [0.3, 0.4) is 0 Å². The van der Waals surface area contributed by atoms with E-state index >= 15 is 0 Å². The number of rotatable bonds is 3. The molecule has 2 aromatic rings. The van der Waals surface area contributed by atoms with Gasteiger partial charge in [-0.15, -0.1) is 0 Å². The first-order valence-corrected chi connectivity index (χ1v) is 7.28. The summed E-state index contributed by atoms with van der Waals surface area (Å²) in [6.07, 6.45) is 3.14. The van der Waals surface area contributed by atoms with E-state index in [1.807, 2.05) is 30.3 Å². The lowest BCUT2D eigenvalue weighted by Gasteiger charge is -2.10. The fraction of sp³-hybridized carbons (Fsp3) is 0. The van der Waals surface area contributed by atoms with Gasteiger partial charge in [0, 0.05) is 16.8 Å². The number of benzene rings is 2. The summed E-state index contributed by atoms with van der Waals surface area (Å²) in [6, 6.07) is 16.6. The normalized spacial score (nSPS) is 10.2. The van der Waals surface area contributed by atoms with E-state index in [-0.39, 0.29) is 11.0 Å². The average molecular weight is 332 g/mol. The van der Waals surface area contributed by atoms with Crippen molar-refractivity contribution in [3.8, 4) is 0 Å². The summed E-state index contributed by atoms with van der Waals surface area (Å²) < 4.78 is 0. The van der Waals surface area contributed by atoms with Crippen LogP contribution in [0.5, 0.6) is 0 Å². The van der Waals surface area contributed by atoms with Crippen molar-refractivity contribution in [3.05, 3.63) is 71.3 Å². The third-order valence-corrected chi connectivity index (χ3v) is 3.08. The highest BCUT2D eigenvalue weighted by Crippen LogP contribution is 2.12. The van der Waals surface area contributed by atoms with E-state index in [4.69, 9.17) is 23.8 Å². The molecular weight excluding hydrogens is 318 g/mol. The van der Waals surface area contributed by atoms with Gasteiger partial charge in [-0.3, -0.25) is 15.6 Å². The zero-order valence-corrected chi connectivity index (χ0v) is 13.1. The molecule has 0 aliphatic carbocycles. The highest BCUT2D eigenvalue weighted by atomic mass is 35.5. The maximum Gasteiger partial charge on any atom is 0.262 e. The fourth-order valence-corrected chi connectivity index (χ4v) is 1.89. The van der Waals surface area contributed by atoms with Crippen molar-refractivity contribution in [2.24, 2.45) is 0 Å². The Kier molecular flexibility index (Phi) is 5.94. The second kappa shape index (κ2) is 8.17. The van der Waals surface area contributed by atoms with Crippen LogP contribution in [0, 0.1) is 0 Å². The number of carbonyl (C=O) groups is 1. The van der Waals surface area contributed by atoms with Crippen molar-refractivity contribution in [3.63, 3.8) is 0 Å². The van der Waals surface area contributed by atoms with Gasteiger partial charge in [0.1, 0.15) is 0 Å². The van der Waals surface area contributed by atoms with Gasteiger partial charge in [0.05, 0.1) is 0 Å². The number of hydrazine groups is 1. The Balaban J connectivity index is 1.77. The minimum absolute atomic E-state index is 0.281. The molecule has 2 aromatic carbocycles. The Hall–Kier alpha value is -2.37. The predicted octanol–water partition coefficient (Wildman–Crippen LogP) is 3.37. The monoisotopic (exact) mass is 331 g/mol. The van der Waals surface area contributed by atoms with Crippen LogP contribution in [-0.2, 0) is 4.79 Å². The second-order valence-electron chi connectivity index (χ2n) is 4.32. The van der Waals surface area contributed by atoms with Gasteiger partial charge in [-0.25, -0.2) is 0 Å². The van der Waals surface area contributed by atoms with Crippen LogP contribution >= 0.6 is 23.8 Å².